The van der Waals surface area contributed by atoms with E-state index in [0.717, 1.165) is 46.6 Å². The third-order valence-electron chi connectivity index (χ3n) is 14.5. The van der Waals surface area contributed by atoms with Gasteiger partial charge < -0.3 is 56.8 Å². The van der Waals surface area contributed by atoms with Crippen LogP contribution in [0.3, 0.4) is 0 Å². The zero-order valence-corrected chi connectivity index (χ0v) is 54.1. The van der Waals surface area contributed by atoms with Gasteiger partial charge in [0.25, 0.3) is 0 Å². The Morgan fingerprint density at radius 2 is 0.567 bits per heavy atom. The highest BCUT2D eigenvalue weighted by molar-refractivity contribution is 5.94. The minimum atomic E-state index is -0.548. The van der Waals surface area contributed by atoms with Gasteiger partial charge in [-0.05, 0) is 226 Å². The van der Waals surface area contributed by atoms with Gasteiger partial charge in [-0.3, -0.25) is 0 Å². The first-order valence-electron chi connectivity index (χ1n) is 31.4. The summed E-state index contributed by atoms with van der Waals surface area (Å²) in [7, 11) is 0. The van der Waals surface area contributed by atoms with Gasteiger partial charge in [-0.2, -0.15) is 0 Å². The van der Waals surface area contributed by atoms with E-state index in [1.807, 2.05) is 24.3 Å². The molecular formula is C77H76O20. The summed E-state index contributed by atoms with van der Waals surface area (Å²) in [6.45, 7) is 20.2. The zero-order valence-electron chi connectivity index (χ0n) is 54.1. The van der Waals surface area contributed by atoms with Crippen LogP contribution in [-0.4, -0.2) is 101 Å². The third-order valence-corrected chi connectivity index (χ3v) is 14.5. The van der Waals surface area contributed by atoms with Gasteiger partial charge in [-0.1, -0.05) is 45.4 Å². The maximum atomic E-state index is 12.9. The van der Waals surface area contributed by atoms with Crippen molar-refractivity contribution in [1.82, 2.24) is 0 Å². The molecule has 20 nitrogen and oxygen atoms in total. The summed E-state index contributed by atoms with van der Waals surface area (Å²) < 4.78 is 64.9. The van der Waals surface area contributed by atoms with Gasteiger partial charge in [-0.15, -0.1) is 0 Å². The Morgan fingerprint density at radius 3 is 0.845 bits per heavy atom. The molecule has 7 aromatic rings. The van der Waals surface area contributed by atoms with Crippen molar-refractivity contribution < 1.29 is 95.2 Å². The first-order chi connectivity index (χ1) is 47.0. The molecule has 0 atom stereocenters. The number of fused-ring (bicyclic) bond motifs is 3. The van der Waals surface area contributed by atoms with Crippen molar-refractivity contribution in [3.8, 4) is 57.1 Å². The number of aryl methyl sites for hydroxylation is 1. The number of hydrogen-bond donors (Lipinski definition) is 0. The third kappa shape index (κ3) is 23.8. The number of rotatable bonds is 36. The monoisotopic (exact) mass is 1320 g/mol. The lowest BCUT2D eigenvalue weighted by molar-refractivity contribution is -0.138. The maximum Gasteiger partial charge on any atom is 0.343 e. The molecule has 7 aromatic carbocycles. The fourth-order valence-electron chi connectivity index (χ4n) is 9.29. The topological polar surface area (TPSA) is 247 Å². The highest BCUT2D eigenvalue weighted by Gasteiger charge is 2.28. The zero-order chi connectivity index (χ0) is 69.3. The Kier molecular flexibility index (Phi) is 29.0. The van der Waals surface area contributed by atoms with Crippen molar-refractivity contribution >= 4 is 47.8 Å². The van der Waals surface area contributed by atoms with E-state index in [1.54, 1.807) is 134 Å². The molecule has 0 amide bonds. The second kappa shape index (κ2) is 38.6. The number of carbonyl (C=O) groups excluding carboxylic acids is 8. The summed E-state index contributed by atoms with van der Waals surface area (Å²) in [5.41, 5.74) is 6.10. The summed E-state index contributed by atoms with van der Waals surface area (Å²) in [6, 6.07) is 42.4. The number of unbranched alkanes of at least 4 members (excludes halogenated alkanes) is 4. The molecule has 504 valence electrons. The van der Waals surface area contributed by atoms with E-state index < -0.39 is 47.8 Å². The van der Waals surface area contributed by atoms with Gasteiger partial charge in [0, 0.05) is 30.2 Å². The van der Waals surface area contributed by atoms with Gasteiger partial charge in [-0.25, -0.2) is 38.4 Å². The van der Waals surface area contributed by atoms with Crippen LogP contribution in [0.4, 0.5) is 0 Å². The maximum absolute atomic E-state index is 12.9. The minimum absolute atomic E-state index is 0.0294. The first-order valence-corrected chi connectivity index (χ1v) is 31.4. The predicted molar refractivity (Wildman–Crippen MR) is 360 cm³/mol. The molecule has 0 bridgehead atoms. The van der Waals surface area contributed by atoms with Gasteiger partial charge >= 0.3 is 47.8 Å². The Labute approximate surface area is 562 Å². The van der Waals surface area contributed by atoms with Crippen LogP contribution in [0.25, 0.3) is 11.1 Å². The molecule has 0 saturated carbocycles. The summed E-state index contributed by atoms with van der Waals surface area (Å²) in [5.74, 6) is 0.0222. The largest absolute Gasteiger partial charge is 0.494 e. The molecule has 0 fully saturated rings. The predicted octanol–water partition coefficient (Wildman–Crippen LogP) is 14.2. The molecule has 0 aromatic heterocycles. The second-order valence-corrected chi connectivity index (χ2v) is 21.5. The van der Waals surface area contributed by atoms with Crippen LogP contribution in [0.2, 0.25) is 0 Å². The van der Waals surface area contributed by atoms with Gasteiger partial charge in [0.2, 0.25) is 0 Å². The smallest absolute Gasteiger partial charge is 0.343 e. The Balaban J connectivity index is 0.000000277. The van der Waals surface area contributed by atoms with E-state index in [-0.39, 0.29) is 5.92 Å². The molecule has 8 rings (SSSR count). The van der Waals surface area contributed by atoms with Crippen LogP contribution < -0.4 is 37.9 Å². The van der Waals surface area contributed by atoms with Crippen LogP contribution in [-0.2, 0) is 38.1 Å². The first kappa shape index (κ1) is 72.9. The molecule has 0 heterocycles. The van der Waals surface area contributed by atoms with Gasteiger partial charge in [0.15, 0.2) is 0 Å². The van der Waals surface area contributed by atoms with Crippen LogP contribution in [0.15, 0.2) is 202 Å². The lowest BCUT2D eigenvalue weighted by atomic mass is 9.99. The standard InChI is InChI=1S/C42H40O10.C35H36O10/c1-4-39(43)49-24-8-6-22-47-31-14-10-29(11-15-31)41(45)51-33-18-20-35-36-21-19-34(27-38(36)28(3)37(35)26-33)52-42(46)30-12-16-32(17-13-30)48-23-7-9-25-50-40(44)5-2;1-4-32(36)42-22-8-6-20-40-28-14-10-26(11-15-28)34(38)44-30-18-19-31(25(3)24-30)45-35(39)27-12-16-29(17-13-27)41-21-7-9-23-43-33(37)5-2/h4-5,10-21,26-28H,1-2,6-9,22-25H2,3H3;4-5,10-19,24H,1-2,6-9,20-23H2,3H3. The second-order valence-electron chi connectivity index (χ2n) is 21.5. The van der Waals surface area contributed by atoms with Crippen LogP contribution in [0, 0.1) is 6.92 Å². The van der Waals surface area contributed by atoms with E-state index in [0.29, 0.717) is 178 Å². The fourth-order valence-corrected chi connectivity index (χ4v) is 9.29. The Hall–Kier alpha value is -11.5. The molecule has 0 saturated heterocycles. The van der Waals surface area contributed by atoms with Crippen LogP contribution in [0.1, 0.15) is 122 Å². The molecule has 0 N–H and O–H groups in total. The number of hydrogen-bond acceptors (Lipinski definition) is 20. The molecule has 1 aliphatic rings. The van der Waals surface area contributed by atoms with Crippen molar-refractivity contribution in [2.45, 2.75) is 71.1 Å². The summed E-state index contributed by atoms with van der Waals surface area (Å²) in [5, 5.41) is 0. The molecule has 0 spiro atoms. The van der Waals surface area contributed by atoms with Crippen LogP contribution >= 0.6 is 0 Å². The van der Waals surface area contributed by atoms with Crippen molar-refractivity contribution in [3.63, 3.8) is 0 Å². The van der Waals surface area contributed by atoms with Crippen molar-refractivity contribution in [3.05, 3.63) is 241 Å². The molecule has 20 heteroatoms. The normalized spacial score (nSPS) is 10.9. The Morgan fingerprint density at radius 1 is 0.320 bits per heavy atom. The summed E-state index contributed by atoms with van der Waals surface area (Å²) in [4.78, 5) is 95.4. The van der Waals surface area contributed by atoms with E-state index in [2.05, 4.69) is 33.2 Å². The van der Waals surface area contributed by atoms with Gasteiger partial charge in [0.05, 0.1) is 75.1 Å². The summed E-state index contributed by atoms with van der Waals surface area (Å²) >= 11 is 0. The van der Waals surface area contributed by atoms with E-state index in [1.165, 1.54) is 0 Å². The number of carbonyl (C=O) groups is 8. The molecule has 97 heavy (non-hydrogen) atoms. The average molecular weight is 1320 g/mol. The lowest BCUT2D eigenvalue weighted by Gasteiger charge is -2.11. The molecule has 1 aliphatic carbocycles. The van der Waals surface area contributed by atoms with E-state index in [9.17, 15) is 38.4 Å². The lowest BCUT2D eigenvalue weighted by Crippen LogP contribution is -2.11. The van der Waals surface area contributed by atoms with Crippen molar-refractivity contribution in [2.75, 3.05) is 52.9 Å². The fraction of sp³-hybridized carbons (Fsp3) is 0.247. The van der Waals surface area contributed by atoms with E-state index >= 15 is 0 Å². The quantitative estimate of drug-likeness (QED) is 0.0116. The van der Waals surface area contributed by atoms with Crippen molar-refractivity contribution in [2.24, 2.45) is 0 Å². The minimum Gasteiger partial charge on any atom is -0.494 e. The summed E-state index contributed by atoms with van der Waals surface area (Å²) in [6.07, 6.45) is 9.95. The van der Waals surface area contributed by atoms with Gasteiger partial charge in [0.1, 0.15) is 46.0 Å². The SMILES string of the molecule is C=CC(=O)OCCCCOc1ccc(C(=O)Oc2ccc(OC(=O)c3ccc(OCCCCOC(=O)C=C)cc3)c(C)c2)cc1.C=CC(=O)OCCCCOc1ccc(C(=O)Oc2ccc3c(c2)C(C)c2cc(OC(=O)c4ccc(OCCCCOC(=O)C=C)cc4)ccc2-3)cc1. The van der Waals surface area contributed by atoms with Crippen LogP contribution in [0.5, 0.6) is 46.0 Å². The molecule has 0 unspecified atom stereocenters. The highest BCUT2D eigenvalue weighted by Crippen LogP contribution is 2.47. The number of esters is 8. The number of benzene rings is 7. The Bertz CT molecular complexity index is 3730. The average Bonchev–Trinajstić information content (AvgIpc) is 1.61. The van der Waals surface area contributed by atoms with Crippen molar-refractivity contribution in [1.29, 1.82) is 0 Å². The number of ether oxygens (including phenoxy) is 12. The molecular weight excluding hydrogens is 1240 g/mol. The van der Waals surface area contributed by atoms with E-state index in [4.69, 9.17) is 56.8 Å². The highest BCUT2D eigenvalue weighted by atomic mass is 16.6. The molecule has 0 aliphatic heterocycles. The molecule has 0 radical (unpaired) electrons.